The van der Waals surface area contributed by atoms with E-state index in [0.717, 1.165) is 0 Å². The van der Waals surface area contributed by atoms with Crippen LogP contribution in [0.5, 0.6) is 0 Å². The number of esters is 1. The molecule has 0 spiro atoms. The van der Waals surface area contributed by atoms with Crippen molar-refractivity contribution in [2.75, 3.05) is 6.61 Å². The maximum atomic E-state index is 11.6. The predicted octanol–water partition coefficient (Wildman–Crippen LogP) is -2.40. The largest absolute Gasteiger partial charge is 0.429 e. The van der Waals surface area contributed by atoms with Gasteiger partial charge in [-0.2, -0.15) is 0 Å². The van der Waals surface area contributed by atoms with Gasteiger partial charge in [-0.15, -0.1) is 0 Å². The first kappa shape index (κ1) is 17.5. The van der Waals surface area contributed by atoms with E-state index in [1.807, 2.05) is 0 Å². The van der Waals surface area contributed by atoms with Crippen LogP contribution in [0.15, 0.2) is 30.3 Å². The van der Waals surface area contributed by atoms with Crippen molar-refractivity contribution in [3.05, 3.63) is 35.9 Å². The summed E-state index contributed by atoms with van der Waals surface area (Å²) in [5.41, 5.74) is 0.120. The molecular weight excluding hydrogens is 284 g/mol. The van der Waals surface area contributed by atoms with Crippen molar-refractivity contribution < 1.29 is 40.2 Å². The number of hydrogen-bond donors (Lipinski definition) is 6. The van der Waals surface area contributed by atoms with E-state index < -0.39 is 43.3 Å². The highest BCUT2D eigenvalue weighted by molar-refractivity contribution is 5.89. The van der Waals surface area contributed by atoms with Gasteiger partial charge < -0.3 is 35.4 Å². The summed E-state index contributed by atoms with van der Waals surface area (Å²) < 4.78 is 4.53. The Labute approximate surface area is 120 Å². The summed E-state index contributed by atoms with van der Waals surface area (Å²) in [5, 5.41) is 55.7. The Hall–Kier alpha value is -1.55. The molecular formula is C13H18O8. The second-order valence-electron chi connectivity index (χ2n) is 4.38. The lowest BCUT2D eigenvalue weighted by Crippen LogP contribution is -2.50. The van der Waals surface area contributed by atoms with Crippen molar-refractivity contribution in [3.8, 4) is 0 Å². The van der Waals surface area contributed by atoms with E-state index >= 15 is 0 Å². The van der Waals surface area contributed by atoms with Crippen LogP contribution in [-0.4, -0.2) is 73.9 Å². The van der Waals surface area contributed by atoms with Crippen molar-refractivity contribution in [1.82, 2.24) is 0 Å². The Morgan fingerprint density at radius 1 is 0.952 bits per heavy atom. The summed E-state index contributed by atoms with van der Waals surface area (Å²) in [6.07, 6.45) is -9.84. The molecule has 21 heavy (non-hydrogen) atoms. The maximum absolute atomic E-state index is 11.6. The Bertz CT molecular complexity index is 437. The van der Waals surface area contributed by atoms with E-state index in [0.29, 0.717) is 0 Å². The summed E-state index contributed by atoms with van der Waals surface area (Å²) >= 11 is 0. The molecule has 0 saturated carbocycles. The SMILES string of the molecule is O=C(OC(O)[C@@H](O)[C@@H](O)[C@H](O)[C@H](O)CO)c1ccccc1. The second-order valence-corrected chi connectivity index (χ2v) is 4.38. The van der Waals surface area contributed by atoms with Gasteiger partial charge in [0.25, 0.3) is 0 Å². The summed E-state index contributed by atoms with van der Waals surface area (Å²) in [4.78, 5) is 11.6. The Kier molecular flexibility index (Phi) is 6.69. The monoisotopic (exact) mass is 302 g/mol. The summed E-state index contributed by atoms with van der Waals surface area (Å²) in [6.45, 7) is -0.856. The Morgan fingerprint density at radius 3 is 2.05 bits per heavy atom. The van der Waals surface area contributed by atoms with E-state index in [1.165, 1.54) is 12.1 Å². The molecule has 0 fully saturated rings. The Balaban J connectivity index is 2.62. The van der Waals surface area contributed by atoms with Gasteiger partial charge >= 0.3 is 5.97 Å². The molecule has 0 heterocycles. The maximum Gasteiger partial charge on any atom is 0.340 e. The second kappa shape index (κ2) is 8.03. The third kappa shape index (κ3) is 4.74. The van der Waals surface area contributed by atoms with Gasteiger partial charge in [-0.1, -0.05) is 18.2 Å². The average Bonchev–Trinajstić information content (AvgIpc) is 2.52. The zero-order valence-electron chi connectivity index (χ0n) is 11.0. The molecule has 8 heteroatoms. The fourth-order valence-corrected chi connectivity index (χ4v) is 1.53. The van der Waals surface area contributed by atoms with Crippen molar-refractivity contribution in [3.63, 3.8) is 0 Å². The summed E-state index contributed by atoms with van der Waals surface area (Å²) in [7, 11) is 0. The molecule has 0 radical (unpaired) electrons. The van der Waals surface area contributed by atoms with Crippen LogP contribution in [0.25, 0.3) is 0 Å². The van der Waals surface area contributed by atoms with Crippen molar-refractivity contribution in [1.29, 1.82) is 0 Å². The van der Waals surface area contributed by atoms with Gasteiger partial charge in [-0.05, 0) is 12.1 Å². The van der Waals surface area contributed by atoms with E-state index in [4.69, 9.17) is 10.2 Å². The van der Waals surface area contributed by atoms with Crippen molar-refractivity contribution >= 4 is 5.97 Å². The molecule has 118 valence electrons. The zero-order valence-corrected chi connectivity index (χ0v) is 11.0. The summed E-state index contributed by atoms with van der Waals surface area (Å²) in [6, 6.07) is 7.63. The van der Waals surface area contributed by atoms with Gasteiger partial charge in [0.1, 0.15) is 24.4 Å². The molecule has 0 aromatic heterocycles. The molecule has 6 N–H and O–H groups in total. The molecule has 8 nitrogen and oxygen atoms in total. The molecule has 1 rings (SSSR count). The minimum atomic E-state index is -2.12. The average molecular weight is 302 g/mol. The number of rotatable bonds is 7. The third-order valence-corrected chi connectivity index (χ3v) is 2.81. The van der Waals surface area contributed by atoms with E-state index in [9.17, 15) is 25.2 Å². The zero-order chi connectivity index (χ0) is 16.0. The van der Waals surface area contributed by atoms with Gasteiger partial charge in [0, 0.05) is 0 Å². The molecule has 0 aliphatic rings. The first-order valence-corrected chi connectivity index (χ1v) is 6.15. The molecule has 0 aliphatic carbocycles. The van der Waals surface area contributed by atoms with E-state index in [1.54, 1.807) is 18.2 Å². The quantitative estimate of drug-likeness (QED) is 0.241. The number of carbonyl (C=O) groups excluding carboxylic acids is 1. The van der Waals surface area contributed by atoms with E-state index in [2.05, 4.69) is 4.74 Å². The molecule has 0 bridgehead atoms. The molecule has 1 aromatic rings. The highest BCUT2D eigenvalue weighted by Gasteiger charge is 2.35. The van der Waals surface area contributed by atoms with Crippen LogP contribution in [0.1, 0.15) is 10.4 Å². The minimum absolute atomic E-state index is 0.120. The lowest BCUT2D eigenvalue weighted by atomic mass is 10.0. The molecule has 0 saturated heterocycles. The van der Waals surface area contributed by atoms with Crippen LogP contribution in [-0.2, 0) is 4.74 Å². The predicted molar refractivity (Wildman–Crippen MR) is 69.0 cm³/mol. The van der Waals surface area contributed by atoms with Crippen LogP contribution in [0.2, 0.25) is 0 Å². The molecule has 5 atom stereocenters. The molecule has 1 unspecified atom stereocenters. The Morgan fingerprint density at radius 2 is 1.52 bits per heavy atom. The van der Waals surface area contributed by atoms with Crippen molar-refractivity contribution in [2.24, 2.45) is 0 Å². The van der Waals surface area contributed by atoms with Crippen LogP contribution < -0.4 is 0 Å². The van der Waals surface area contributed by atoms with Gasteiger partial charge in [-0.25, -0.2) is 4.79 Å². The van der Waals surface area contributed by atoms with Gasteiger partial charge in [-0.3, -0.25) is 0 Å². The van der Waals surface area contributed by atoms with Gasteiger partial charge in [0.2, 0.25) is 6.29 Å². The molecule has 0 aliphatic heterocycles. The van der Waals surface area contributed by atoms with Crippen LogP contribution in [0, 0.1) is 0 Å². The lowest BCUT2D eigenvalue weighted by Gasteiger charge is -2.28. The van der Waals surface area contributed by atoms with Crippen LogP contribution in [0.3, 0.4) is 0 Å². The first-order chi connectivity index (χ1) is 9.88. The highest BCUT2D eigenvalue weighted by atomic mass is 16.6. The number of aliphatic hydroxyl groups is 6. The molecule has 1 aromatic carbocycles. The number of carbonyl (C=O) groups is 1. The van der Waals surface area contributed by atoms with Crippen LogP contribution in [0.4, 0.5) is 0 Å². The number of aliphatic hydroxyl groups excluding tert-OH is 6. The fourth-order valence-electron chi connectivity index (χ4n) is 1.53. The van der Waals surface area contributed by atoms with E-state index in [-0.39, 0.29) is 5.56 Å². The number of benzene rings is 1. The fraction of sp³-hybridized carbons (Fsp3) is 0.462. The van der Waals surface area contributed by atoms with Crippen molar-refractivity contribution in [2.45, 2.75) is 30.7 Å². The molecule has 0 amide bonds. The van der Waals surface area contributed by atoms with Gasteiger partial charge in [0.05, 0.1) is 12.2 Å². The minimum Gasteiger partial charge on any atom is -0.429 e. The van der Waals surface area contributed by atoms with Crippen LogP contribution >= 0.6 is 0 Å². The highest BCUT2D eigenvalue weighted by Crippen LogP contribution is 2.11. The normalized spacial score (nSPS) is 18.4. The lowest BCUT2D eigenvalue weighted by molar-refractivity contribution is -0.191. The first-order valence-electron chi connectivity index (χ1n) is 6.15. The topological polar surface area (TPSA) is 148 Å². The van der Waals surface area contributed by atoms with Gasteiger partial charge in [0.15, 0.2) is 0 Å². The number of hydrogen-bond acceptors (Lipinski definition) is 8. The summed E-state index contributed by atoms with van der Waals surface area (Å²) in [5.74, 6) is -0.938. The third-order valence-electron chi connectivity index (χ3n) is 2.81. The smallest absolute Gasteiger partial charge is 0.340 e. The standard InChI is InChI=1S/C13H18O8/c14-6-8(15)9(16)10(17)11(18)13(20)21-12(19)7-4-2-1-3-5-7/h1-5,8-11,13-18,20H,6H2/t8-,9-,10+,11+,13?/m1/s1. The number of ether oxygens (including phenoxy) is 1.